The Labute approximate surface area is 172 Å². The summed E-state index contributed by atoms with van der Waals surface area (Å²) in [6.45, 7) is 7.25. The second-order valence-electron chi connectivity index (χ2n) is 7.00. The Kier molecular flexibility index (Phi) is 7.11. The molecule has 0 bridgehead atoms. The van der Waals surface area contributed by atoms with Gasteiger partial charge in [-0.15, -0.1) is 0 Å². The first-order chi connectivity index (χ1) is 14.1. The average molecular weight is 397 g/mol. The van der Waals surface area contributed by atoms with E-state index in [1.165, 1.54) is 18.9 Å². The Morgan fingerprint density at radius 3 is 2.52 bits per heavy atom. The topological polar surface area (TPSA) is 48.9 Å². The molecule has 0 aromatic heterocycles. The van der Waals surface area contributed by atoms with E-state index in [0.29, 0.717) is 12.5 Å². The molecule has 0 fully saturated rings. The van der Waals surface area contributed by atoms with Crippen molar-refractivity contribution in [3.05, 3.63) is 71.6 Å². The third-order valence-corrected chi connectivity index (χ3v) is 4.91. The molecule has 0 spiro atoms. The van der Waals surface area contributed by atoms with Crippen LogP contribution in [0.25, 0.3) is 0 Å². The van der Waals surface area contributed by atoms with E-state index in [2.05, 4.69) is 56.9 Å². The minimum Gasteiger partial charge on any atom is -0.494 e. The van der Waals surface area contributed by atoms with Gasteiger partial charge in [-0.1, -0.05) is 30.4 Å². The fraction of sp³-hybridized carbons (Fsp3) is 0.348. The molecule has 5 nitrogen and oxygen atoms in total. The van der Waals surface area contributed by atoms with Crippen molar-refractivity contribution in [1.29, 1.82) is 0 Å². The van der Waals surface area contributed by atoms with E-state index in [4.69, 9.17) is 4.74 Å². The van der Waals surface area contributed by atoms with Crippen molar-refractivity contribution in [2.24, 2.45) is 4.99 Å². The second kappa shape index (κ2) is 9.96. The number of methoxy groups -OCH3 is 1. The van der Waals surface area contributed by atoms with E-state index in [0.717, 1.165) is 30.8 Å². The van der Waals surface area contributed by atoms with Gasteiger partial charge in [0.15, 0.2) is 17.5 Å². The minimum atomic E-state index is -0.367. The summed E-state index contributed by atoms with van der Waals surface area (Å²) in [5, 5.41) is 6.59. The van der Waals surface area contributed by atoms with Gasteiger partial charge in [0.1, 0.15) is 0 Å². The maximum atomic E-state index is 14.0. The molecule has 0 radical (unpaired) electrons. The van der Waals surface area contributed by atoms with Crippen LogP contribution in [0.2, 0.25) is 0 Å². The summed E-state index contributed by atoms with van der Waals surface area (Å²) in [6, 6.07) is 13.4. The summed E-state index contributed by atoms with van der Waals surface area (Å²) in [6.07, 6.45) is 4.37. The van der Waals surface area contributed by atoms with Crippen LogP contribution in [-0.4, -0.2) is 32.7 Å². The van der Waals surface area contributed by atoms with Crippen LogP contribution in [0.4, 0.5) is 10.1 Å². The van der Waals surface area contributed by atoms with Crippen LogP contribution >= 0.6 is 0 Å². The van der Waals surface area contributed by atoms with E-state index >= 15 is 0 Å². The van der Waals surface area contributed by atoms with Crippen molar-refractivity contribution < 1.29 is 9.13 Å². The number of nitrogens with one attached hydrogen (secondary N) is 2. The van der Waals surface area contributed by atoms with Crippen LogP contribution in [0.15, 0.2) is 59.6 Å². The Bertz CT molecular complexity index is 856. The van der Waals surface area contributed by atoms with E-state index in [-0.39, 0.29) is 17.6 Å². The summed E-state index contributed by atoms with van der Waals surface area (Å²) < 4.78 is 19.0. The molecule has 3 rings (SSSR count). The number of hydrogen-bond donors (Lipinski definition) is 2. The predicted octanol–water partition coefficient (Wildman–Crippen LogP) is 4.03. The number of hydrogen-bond acceptors (Lipinski definition) is 3. The first-order valence-electron chi connectivity index (χ1n) is 9.98. The maximum Gasteiger partial charge on any atom is 0.192 e. The molecule has 154 valence electrons. The molecule has 0 amide bonds. The monoisotopic (exact) mass is 396 g/mol. The Balaban J connectivity index is 1.63. The number of nitrogens with zero attached hydrogens (tertiary/aromatic N) is 2. The average Bonchev–Trinajstić information content (AvgIpc) is 3.27. The molecule has 2 N–H and O–H groups in total. The van der Waals surface area contributed by atoms with Gasteiger partial charge < -0.3 is 20.3 Å². The minimum absolute atomic E-state index is 0.0988. The number of anilines is 1. The molecule has 0 aliphatic carbocycles. The highest BCUT2D eigenvalue weighted by Gasteiger charge is 2.11. The first kappa shape index (κ1) is 20.7. The van der Waals surface area contributed by atoms with Crippen molar-refractivity contribution in [3.63, 3.8) is 0 Å². The highest BCUT2D eigenvalue weighted by Crippen LogP contribution is 2.22. The van der Waals surface area contributed by atoms with Gasteiger partial charge in [-0.3, -0.25) is 0 Å². The van der Waals surface area contributed by atoms with Crippen molar-refractivity contribution in [3.8, 4) is 5.75 Å². The number of guanidine groups is 1. The molecule has 6 heteroatoms. The zero-order valence-electron chi connectivity index (χ0n) is 17.3. The van der Waals surface area contributed by atoms with Crippen LogP contribution in [0.5, 0.6) is 5.75 Å². The summed E-state index contributed by atoms with van der Waals surface area (Å²) >= 11 is 0. The van der Waals surface area contributed by atoms with Gasteiger partial charge in [0.2, 0.25) is 0 Å². The highest BCUT2D eigenvalue weighted by atomic mass is 19.1. The molecule has 1 aliphatic rings. The Morgan fingerprint density at radius 1 is 1.17 bits per heavy atom. The van der Waals surface area contributed by atoms with E-state index in [1.807, 2.05) is 19.9 Å². The van der Waals surface area contributed by atoms with Gasteiger partial charge in [-0.2, -0.15) is 0 Å². The molecule has 1 unspecified atom stereocenters. The number of ether oxygens (including phenoxy) is 1. The van der Waals surface area contributed by atoms with E-state index < -0.39 is 0 Å². The van der Waals surface area contributed by atoms with Gasteiger partial charge in [-0.25, -0.2) is 9.38 Å². The van der Waals surface area contributed by atoms with Crippen molar-refractivity contribution in [2.75, 3.05) is 31.6 Å². The lowest BCUT2D eigenvalue weighted by Gasteiger charge is -2.19. The van der Waals surface area contributed by atoms with Crippen LogP contribution < -0.4 is 20.3 Å². The van der Waals surface area contributed by atoms with Crippen LogP contribution in [0.1, 0.15) is 31.0 Å². The van der Waals surface area contributed by atoms with Gasteiger partial charge in [0, 0.05) is 25.3 Å². The lowest BCUT2D eigenvalue weighted by atomic mass is 10.1. The Morgan fingerprint density at radius 2 is 1.90 bits per heavy atom. The first-order valence-corrected chi connectivity index (χ1v) is 9.98. The maximum absolute atomic E-state index is 14.0. The highest BCUT2D eigenvalue weighted by molar-refractivity contribution is 5.80. The molecule has 2 aromatic rings. The summed E-state index contributed by atoms with van der Waals surface area (Å²) in [5.74, 6) is 0.576. The van der Waals surface area contributed by atoms with Crippen LogP contribution in [0.3, 0.4) is 0 Å². The predicted molar refractivity (Wildman–Crippen MR) is 117 cm³/mol. The zero-order valence-corrected chi connectivity index (χ0v) is 17.3. The molecule has 29 heavy (non-hydrogen) atoms. The van der Waals surface area contributed by atoms with Crippen LogP contribution in [0, 0.1) is 5.82 Å². The normalized spacial score (nSPS) is 14.8. The van der Waals surface area contributed by atoms with Gasteiger partial charge in [0.05, 0.1) is 19.7 Å². The quantitative estimate of drug-likeness (QED) is 0.422. The van der Waals surface area contributed by atoms with Crippen molar-refractivity contribution in [1.82, 2.24) is 10.6 Å². The largest absolute Gasteiger partial charge is 0.494 e. The lowest BCUT2D eigenvalue weighted by Crippen LogP contribution is -2.38. The zero-order chi connectivity index (χ0) is 20.6. The van der Waals surface area contributed by atoms with Gasteiger partial charge >= 0.3 is 0 Å². The fourth-order valence-electron chi connectivity index (χ4n) is 3.23. The summed E-state index contributed by atoms with van der Waals surface area (Å²) in [7, 11) is 1.46. The number of benzene rings is 2. The molecule has 1 heterocycles. The molecule has 0 saturated heterocycles. The second-order valence-corrected chi connectivity index (χ2v) is 7.00. The number of halogens is 1. The summed E-state index contributed by atoms with van der Waals surface area (Å²) in [4.78, 5) is 7.00. The number of aliphatic imine (C=N–C) groups is 1. The molecule has 1 aliphatic heterocycles. The molecular weight excluding hydrogens is 367 g/mol. The van der Waals surface area contributed by atoms with Gasteiger partial charge in [0.25, 0.3) is 0 Å². The smallest absolute Gasteiger partial charge is 0.192 e. The SMILES string of the molecule is CCNC(=NCc1ccc(N2CC=CC2)cc1)NC(C)c1ccc(OC)c(F)c1. The van der Waals surface area contributed by atoms with E-state index in [9.17, 15) is 4.39 Å². The molecule has 1 atom stereocenters. The third-order valence-electron chi connectivity index (χ3n) is 4.91. The number of rotatable bonds is 7. The molecule has 2 aromatic carbocycles. The molecule has 0 saturated carbocycles. The van der Waals surface area contributed by atoms with Crippen molar-refractivity contribution >= 4 is 11.6 Å². The van der Waals surface area contributed by atoms with Crippen molar-refractivity contribution in [2.45, 2.75) is 26.4 Å². The molecular formula is C23H29FN4O. The summed E-state index contributed by atoms with van der Waals surface area (Å²) in [5.41, 5.74) is 3.20. The fourth-order valence-corrected chi connectivity index (χ4v) is 3.23. The standard InChI is InChI=1S/C23H29FN4O/c1-4-25-23(27-17(2)19-9-12-22(29-3)21(24)15-19)26-16-18-7-10-20(11-8-18)28-13-5-6-14-28/h5-12,15,17H,4,13-14,16H2,1-3H3,(H2,25,26,27). The Hall–Kier alpha value is -3.02. The van der Waals surface area contributed by atoms with Crippen LogP contribution in [-0.2, 0) is 6.54 Å². The third kappa shape index (κ3) is 5.50. The lowest BCUT2D eigenvalue weighted by molar-refractivity contribution is 0.386. The van der Waals surface area contributed by atoms with Gasteiger partial charge in [-0.05, 0) is 49.2 Å². The van der Waals surface area contributed by atoms with E-state index in [1.54, 1.807) is 6.07 Å².